The van der Waals surface area contributed by atoms with Crippen molar-refractivity contribution < 1.29 is 0 Å². The first-order valence-corrected chi connectivity index (χ1v) is 4.35. The molecule has 6 heavy (non-hydrogen) atoms. The third-order valence-electron chi connectivity index (χ3n) is 1.00. The molecule has 0 spiro atoms. The molecule has 0 atom stereocenters. The number of hydrogen-bond donors (Lipinski definition) is 0. The molecule has 0 aromatic heterocycles. The maximum absolute atomic E-state index is 2.20. The van der Waals surface area contributed by atoms with Crippen LogP contribution in [0.1, 0.15) is 20.8 Å². The molecular weight excluding hydrogens is 130 g/mol. The van der Waals surface area contributed by atoms with E-state index in [2.05, 4.69) is 20.8 Å². The van der Waals surface area contributed by atoms with Crippen LogP contribution in [0.3, 0.4) is 0 Å². The molecule has 0 saturated heterocycles. The van der Waals surface area contributed by atoms with Crippen LogP contribution in [0.5, 0.6) is 0 Å². The first-order valence-electron chi connectivity index (χ1n) is 2.25. The Bertz CT molecular complexity index is 54.0. The average molecular weight is 141 g/mol. The summed E-state index contributed by atoms with van der Waals surface area (Å²) in [5.41, 5.74) is 1.51. The summed E-state index contributed by atoms with van der Waals surface area (Å²) in [7, 11) is 0. The van der Waals surface area contributed by atoms with Crippen LogP contribution in [0.4, 0.5) is 0 Å². The molecule has 0 heterocycles. The van der Waals surface area contributed by atoms with Gasteiger partial charge in [0.1, 0.15) is 0 Å². The zero-order chi connectivity index (χ0) is 5.15. The standard InChI is InChI=1S/C5H9.Ga.2H/c1-4-5(2)3;;;/h1-3H3;;;. The molecular formula is C5H11Ga. The minimum absolute atomic E-state index is 0.922. The van der Waals surface area contributed by atoms with Crippen molar-refractivity contribution in [3.05, 3.63) is 9.70 Å². The van der Waals surface area contributed by atoms with E-state index >= 15 is 0 Å². The van der Waals surface area contributed by atoms with Crippen molar-refractivity contribution in [3.8, 4) is 0 Å². The van der Waals surface area contributed by atoms with Crippen LogP contribution in [-0.4, -0.2) is 18.6 Å². The van der Waals surface area contributed by atoms with Gasteiger partial charge in [-0.1, -0.05) is 0 Å². The van der Waals surface area contributed by atoms with Gasteiger partial charge in [-0.2, -0.15) is 0 Å². The summed E-state index contributed by atoms with van der Waals surface area (Å²) < 4.78 is 1.61. The Kier molecular flexibility index (Phi) is 2.69. The molecule has 0 aromatic carbocycles. The molecule has 0 bridgehead atoms. The summed E-state index contributed by atoms with van der Waals surface area (Å²) in [5, 5.41) is 0. The van der Waals surface area contributed by atoms with Gasteiger partial charge in [0.2, 0.25) is 0 Å². The van der Waals surface area contributed by atoms with E-state index in [1.54, 1.807) is 4.13 Å². The van der Waals surface area contributed by atoms with Crippen molar-refractivity contribution in [1.29, 1.82) is 0 Å². The van der Waals surface area contributed by atoms with Gasteiger partial charge in [-0.3, -0.25) is 0 Å². The Morgan fingerprint density at radius 1 is 1.17 bits per heavy atom. The monoisotopic (exact) mass is 140 g/mol. The van der Waals surface area contributed by atoms with Crippen LogP contribution in [0.15, 0.2) is 9.70 Å². The first kappa shape index (κ1) is 6.38. The van der Waals surface area contributed by atoms with Gasteiger partial charge in [0.15, 0.2) is 0 Å². The van der Waals surface area contributed by atoms with Gasteiger partial charge in [0, 0.05) is 0 Å². The van der Waals surface area contributed by atoms with Gasteiger partial charge in [0.25, 0.3) is 0 Å². The van der Waals surface area contributed by atoms with E-state index in [0.29, 0.717) is 0 Å². The molecule has 0 aliphatic rings. The maximum atomic E-state index is 2.20. The van der Waals surface area contributed by atoms with E-state index in [9.17, 15) is 0 Å². The molecule has 0 aromatic rings. The molecule has 1 heteroatoms. The van der Waals surface area contributed by atoms with Crippen LogP contribution in [-0.2, 0) is 0 Å². The number of hydrogen-bond acceptors (Lipinski definition) is 0. The van der Waals surface area contributed by atoms with E-state index in [4.69, 9.17) is 0 Å². The Labute approximate surface area is 49.5 Å². The van der Waals surface area contributed by atoms with Crippen molar-refractivity contribution in [1.82, 2.24) is 0 Å². The predicted octanol–water partition coefficient (Wildman–Crippen LogP) is 0.933. The van der Waals surface area contributed by atoms with Crippen molar-refractivity contribution in [2.24, 2.45) is 0 Å². The van der Waals surface area contributed by atoms with Crippen LogP contribution in [0.2, 0.25) is 0 Å². The summed E-state index contributed by atoms with van der Waals surface area (Å²) in [4.78, 5) is 0. The molecule has 0 unspecified atom stereocenters. The Morgan fingerprint density at radius 3 is 1.33 bits per heavy atom. The minimum atomic E-state index is 0.922. The van der Waals surface area contributed by atoms with Gasteiger partial charge >= 0.3 is 49.1 Å². The molecule has 0 N–H and O–H groups in total. The summed E-state index contributed by atoms with van der Waals surface area (Å²) in [6.07, 6.45) is 0. The molecule has 0 aliphatic heterocycles. The van der Waals surface area contributed by atoms with Crippen molar-refractivity contribution in [2.75, 3.05) is 0 Å². The average Bonchev–Trinajstić information content (AvgIpc) is 1.36. The van der Waals surface area contributed by atoms with Crippen LogP contribution >= 0.6 is 0 Å². The topological polar surface area (TPSA) is 0 Å². The summed E-state index contributed by atoms with van der Waals surface area (Å²) >= 11 is 0.922. The summed E-state index contributed by atoms with van der Waals surface area (Å²) in [6, 6.07) is 0. The Balaban J connectivity index is 3.68. The van der Waals surface area contributed by atoms with Gasteiger partial charge < -0.3 is 0 Å². The second-order valence-electron chi connectivity index (χ2n) is 2.00. The molecule has 0 radical (unpaired) electrons. The van der Waals surface area contributed by atoms with E-state index < -0.39 is 0 Å². The quantitative estimate of drug-likeness (QED) is 0.440. The SMILES string of the molecule is CC(C)=[C](C)[GaH2]. The van der Waals surface area contributed by atoms with E-state index in [1.165, 1.54) is 5.57 Å². The van der Waals surface area contributed by atoms with Gasteiger partial charge in [-0.15, -0.1) is 0 Å². The predicted molar refractivity (Wildman–Crippen MR) is 32.6 cm³/mol. The third-order valence-corrected chi connectivity index (χ3v) is 3.10. The molecule has 0 amide bonds. The van der Waals surface area contributed by atoms with Crippen LogP contribution < -0.4 is 0 Å². The van der Waals surface area contributed by atoms with E-state index in [-0.39, 0.29) is 0 Å². The van der Waals surface area contributed by atoms with Crippen molar-refractivity contribution >= 4 is 18.6 Å². The molecule has 0 saturated carbocycles. The third kappa shape index (κ3) is 2.60. The Morgan fingerprint density at radius 2 is 1.33 bits per heavy atom. The molecule has 0 aliphatic carbocycles. The van der Waals surface area contributed by atoms with Gasteiger partial charge in [0.05, 0.1) is 0 Å². The second-order valence-corrected chi connectivity index (χ2v) is 5.15. The van der Waals surface area contributed by atoms with E-state index in [0.717, 1.165) is 18.6 Å². The van der Waals surface area contributed by atoms with E-state index in [1.807, 2.05) is 0 Å². The van der Waals surface area contributed by atoms with Gasteiger partial charge in [-0.05, 0) is 0 Å². The normalized spacial score (nSPS) is 7.83. The zero-order valence-electron chi connectivity index (χ0n) is 5.00. The molecule has 0 fully saturated rings. The van der Waals surface area contributed by atoms with Crippen LogP contribution in [0.25, 0.3) is 0 Å². The fourth-order valence-electron chi connectivity index (χ4n) is 0. The Hall–Kier alpha value is 0.376. The zero-order valence-corrected chi connectivity index (χ0v) is 9.20. The van der Waals surface area contributed by atoms with Crippen molar-refractivity contribution in [3.63, 3.8) is 0 Å². The first-order chi connectivity index (χ1) is 2.64. The van der Waals surface area contributed by atoms with Crippen molar-refractivity contribution in [2.45, 2.75) is 20.8 Å². The van der Waals surface area contributed by atoms with Crippen LogP contribution in [0, 0.1) is 0 Å². The fraction of sp³-hybridized carbons (Fsp3) is 0.600. The fourth-order valence-corrected chi connectivity index (χ4v) is 0. The number of allylic oxidation sites excluding steroid dienone is 2. The molecule has 34 valence electrons. The second kappa shape index (κ2) is 2.53. The molecule has 0 rings (SSSR count). The summed E-state index contributed by atoms with van der Waals surface area (Å²) in [6.45, 7) is 6.54. The molecule has 0 nitrogen and oxygen atoms in total. The number of rotatable bonds is 0. The van der Waals surface area contributed by atoms with Gasteiger partial charge in [-0.25, -0.2) is 0 Å². The summed E-state index contributed by atoms with van der Waals surface area (Å²) in [5.74, 6) is 0.